The van der Waals surface area contributed by atoms with E-state index in [0.717, 1.165) is 24.0 Å². The van der Waals surface area contributed by atoms with Crippen LogP contribution >= 0.6 is 0 Å². The van der Waals surface area contributed by atoms with Crippen molar-refractivity contribution in [1.29, 1.82) is 0 Å². The van der Waals surface area contributed by atoms with E-state index in [9.17, 15) is 14.4 Å². The average molecular weight is 366 g/mol. The molecule has 0 bridgehead atoms. The van der Waals surface area contributed by atoms with E-state index < -0.39 is 5.91 Å². The summed E-state index contributed by atoms with van der Waals surface area (Å²) < 4.78 is 4.96. The molecule has 3 rings (SSSR count). The summed E-state index contributed by atoms with van der Waals surface area (Å²) in [6, 6.07) is 14.6. The minimum atomic E-state index is -0.470. The normalized spacial score (nSPS) is 12.9. The Balaban J connectivity index is 1.56. The molecule has 1 aliphatic rings. The first-order chi connectivity index (χ1) is 13.0. The number of carbonyl (C=O) groups is 3. The van der Waals surface area contributed by atoms with Gasteiger partial charge in [0.15, 0.2) is 6.61 Å². The average Bonchev–Trinajstić information content (AvgIpc) is 3.51. The van der Waals surface area contributed by atoms with Crippen molar-refractivity contribution in [1.82, 2.24) is 5.32 Å². The van der Waals surface area contributed by atoms with Gasteiger partial charge in [-0.15, -0.1) is 0 Å². The van der Waals surface area contributed by atoms with Gasteiger partial charge in [-0.25, -0.2) is 0 Å². The van der Waals surface area contributed by atoms with Gasteiger partial charge >= 0.3 is 5.97 Å². The highest BCUT2D eigenvalue weighted by atomic mass is 16.5. The molecule has 0 aliphatic heterocycles. The smallest absolute Gasteiger partial charge is 0.309 e. The number of esters is 1. The minimum Gasteiger partial charge on any atom is -0.455 e. The zero-order valence-corrected chi connectivity index (χ0v) is 15.2. The SMILES string of the molecule is Cc1ccc(CNC(=O)c2ccccc2NC(=O)COC(=O)C2CC2)cc1. The number of hydrogen-bond donors (Lipinski definition) is 2. The molecule has 0 spiro atoms. The first-order valence-electron chi connectivity index (χ1n) is 8.92. The van der Waals surface area contributed by atoms with Crippen LogP contribution in [0.4, 0.5) is 5.69 Å². The lowest BCUT2D eigenvalue weighted by Crippen LogP contribution is -2.26. The Morgan fingerprint density at radius 2 is 1.74 bits per heavy atom. The number of anilines is 1. The maximum Gasteiger partial charge on any atom is 0.309 e. The summed E-state index contributed by atoms with van der Waals surface area (Å²) in [6.45, 7) is 2.04. The second kappa shape index (κ2) is 8.49. The Morgan fingerprint density at radius 1 is 1.04 bits per heavy atom. The molecule has 1 aliphatic carbocycles. The minimum absolute atomic E-state index is 0.0577. The summed E-state index contributed by atoms with van der Waals surface area (Å²) in [5.74, 6) is -1.16. The van der Waals surface area contributed by atoms with E-state index in [0.29, 0.717) is 17.8 Å². The highest BCUT2D eigenvalue weighted by molar-refractivity contribution is 6.04. The van der Waals surface area contributed by atoms with E-state index >= 15 is 0 Å². The molecule has 2 N–H and O–H groups in total. The molecule has 27 heavy (non-hydrogen) atoms. The fourth-order valence-electron chi connectivity index (χ4n) is 2.53. The number of para-hydroxylation sites is 1. The summed E-state index contributed by atoms with van der Waals surface area (Å²) >= 11 is 0. The third-order valence-corrected chi connectivity index (χ3v) is 4.28. The summed E-state index contributed by atoms with van der Waals surface area (Å²) in [7, 11) is 0. The van der Waals surface area contributed by atoms with Crippen LogP contribution in [0.3, 0.4) is 0 Å². The van der Waals surface area contributed by atoms with Crippen LogP contribution in [0.1, 0.15) is 34.3 Å². The number of benzene rings is 2. The molecule has 6 nitrogen and oxygen atoms in total. The maximum atomic E-state index is 12.5. The van der Waals surface area contributed by atoms with Gasteiger partial charge in [-0.05, 0) is 37.5 Å². The van der Waals surface area contributed by atoms with Gasteiger partial charge in [-0.2, -0.15) is 0 Å². The molecule has 0 radical (unpaired) electrons. The second-order valence-corrected chi connectivity index (χ2v) is 6.64. The van der Waals surface area contributed by atoms with Gasteiger partial charge in [0, 0.05) is 6.54 Å². The Kier molecular flexibility index (Phi) is 5.86. The van der Waals surface area contributed by atoms with Gasteiger partial charge in [0.25, 0.3) is 11.8 Å². The Hall–Kier alpha value is -3.15. The Bertz CT molecular complexity index is 842. The van der Waals surface area contributed by atoms with E-state index in [1.54, 1.807) is 24.3 Å². The molecule has 1 fully saturated rings. The van der Waals surface area contributed by atoms with Gasteiger partial charge in [-0.3, -0.25) is 14.4 Å². The summed E-state index contributed by atoms with van der Waals surface area (Å²) in [5, 5.41) is 5.48. The van der Waals surface area contributed by atoms with Crippen LogP contribution in [-0.4, -0.2) is 24.4 Å². The lowest BCUT2D eigenvalue weighted by Gasteiger charge is -2.12. The van der Waals surface area contributed by atoms with Crippen molar-refractivity contribution in [3.8, 4) is 0 Å². The number of ether oxygens (including phenoxy) is 1. The molecular formula is C21H22N2O4. The maximum absolute atomic E-state index is 12.5. The lowest BCUT2D eigenvalue weighted by molar-refractivity contribution is -0.148. The Morgan fingerprint density at radius 3 is 2.44 bits per heavy atom. The third-order valence-electron chi connectivity index (χ3n) is 4.28. The van der Waals surface area contributed by atoms with Crippen LogP contribution in [0.15, 0.2) is 48.5 Å². The van der Waals surface area contributed by atoms with Crippen LogP contribution in [0, 0.1) is 12.8 Å². The molecule has 0 aromatic heterocycles. The van der Waals surface area contributed by atoms with E-state index in [1.807, 2.05) is 31.2 Å². The predicted molar refractivity (Wildman–Crippen MR) is 101 cm³/mol. The van der Waals surface area contributed by atoms with Crippen molar-refractivity contribution in [3.05, 3.63) is 65.2 Å². The topological polar surface area (TPSA) is 84.5 Å². The van der Waals surface area contributed by atoms with Crippen LogP contribution in [-0.2, 0) is 20.9 Å². The third kappa shape index (κ3) is 5.41. The molecular weight excluding hydrogens is 344 g/mol. The fourth-order valence-corrected chi connectivity index (χ4v) is 2.53. The highest BCUT2D eigenvalue weighted by Crippen LogP contribution is 2.30. The Labute approximate surface area is 157 Å². The number of rotatable bonds is 7. The number of aryl methyl sites for hydroxylation is 1. The van der Waals surface area contributed by atoms with Crippen molar-refractivity contribution in [2.75, 3.05) is 11.9 Å². The predicted octanol–water partition coefficient (Wildman–Crippen LogP) is 2.82. The van der Waals surface area contributed by atoms with Crippen molar-refractivity contribution in [3.63, 3.8) is 0 Å². The molecule has 0 atom stereocenters. The number of amides is 2. The van der Waals surface area contributed by atoms with Gasteiger partial charge < -0.3 is 15.4 Å². The quantitative estimate of drug-likeness (QED) is 0.738. The first-order valence-corrected chi connectivity index (χ1v) is 8.92. The molecule has 6 heteroatoms. The molecule has 2 aromatic carbocycles. The molecule has 0 unspecified atom stereocenters. The summed E-state index contributed by atoms with van der Waals surface area (Å²) in [6.07, 6.45) is 1.65. The summed E-state index contributed by atoms with van der Waals surface area (Å²) in [4.78, 5) is 36.0. The van der Waals surface area contributed by atoms with E-state index in [4.69, 9.17) is 4.74 Å². The zero-order chi connectivity index (χ0) is 19.2. The first kappa shape index (κ1) is 18.6. The molecule has 140 valence electrons. The van der Waals surface area contributed by atoms with Crippen LogP contribution in [0.2, 0.25) is 0 Å². The van der Waals surface area contributed by atoms with Gasteiger partial charge in [-0.1, -0.05) is 42.0 Å². The van der Waals surface area contributed by atoms with Crippen LogP contribution in [0.25, 0.3) is 0 Å². The van der Waals surface area contributed by atoms with E-state index in [-0.39, 0.29) is 24.4 Å². The molecule has 1 saturated carbocycles. The lowest BCUT2D eigenvalue weighted by atomic mass is 10.1. The number of carbonyl (C=O) groups excluding carboxylic acids is 3. The highest BCUT2D eigenvalue weighted by Gasteiger charge is 2.31. The van der Waals surface area contributed by atoms with Crippen LogP contribution in [0.5, 0.6) is 0 Å². The van der Waals surface area contributed by atoms with Gasteiger partial charge in [0.05, 0.1) is 17.2 Å². The van der Waals surface area contributed by atoms with Crippen molar-refractivity contribution >= 4 is 23.5 Å². The van der Waals surface area contributed by atoms with E-state index in [2.05, 4.69) is 10.6 Å². The van der Waals surface area contributed by atoms with Crippen molar-refractivity contribution < 1.29 is 19.1 Å². The molecule has 0 heterocycles. The molecule has 0 saturated heterocycles. The number of nitrogens with one attached hydrogen (secondary N) is 2. The van der Waals surface area contributed by atoms with Crippen LogP contribution < -0.4 is 10.6 Å². The molecule has 2 amide bonds. The molecule has 2 aromatic rings. The second-order valence-electron chi connectivity index (χ2n) is 6.64. The largest absolute Gasteiger partial charge is 0.455 e. The fraction of sp³-hybridized carbons (Fsp3) is 0.286. The van der Waals surface area contributed by atoms with Crippen molar-refractivity contribution in [2.24, 2.45) is 5.92 Å². The van der Waals surface area contributed by atoms with Gasteiger partial charge in [0.2, 0.25) is 0 Å². The summed E-state index contributed by atoms with van der Waals surface area (Å²) in [5.41, 5.74) is 2.88. The standard InChI is InChI=1S/C21H22N2O4/c1-14-6-8-15(9-7-14)12-22-20(25)17-4-2-3-5-18(17)23-19(24)13-27-21(26)16-10-11-16/h2-9,16H,10-13H2,1H3,(H,22,25)(H,23,24). The number of hydrogen-bond acceptors (Lipinski definition) is 4. The van der Waals surface area contributed by atoms with Crippen molar-refractivity contribution in [2.45, 2.75) is 26.3 Å². The monoisotopic (exact) mass is 366 g/mol. The van der Waals surface area contributed by atoms with E-state index in [1.165, 1.54) is 0 Å². The zero-order valence-electron chi connectivity index (χ0n) is 15.2. The van der Waals surface area contributed by atoms with Gasteiger partial charge in [0.1, 0.15) is 0 Å².